The maximum absolute atomic E-state index is 3.57. The molecule has 2 heteroatoms. The van der Waals surface area contributed by atoms with Gasteiger partial charge in [-0.2, -0.15) is 0 Å². The molecule has 0 spiro atoms. The Hall–Kier alpha value is -0.860. The van der Waals surface area contributed by atoms with Crippen LogP contribution in [0.15, 0.2) is 24.3 Å². The van der Waals surface area contributed by atoms with E-state index >= 15 is 0 Å². The van der Waals surface area contributed by atoms with Gasteiger partial charge in [0.05, 0.1) is 0 Å². The molecule has 0 aromatic heterocycles. The molecule has 0 bridgehead atoms. The standard InChI is InChI=1S/C18H30N2/c1-5-18(2,3)20(4)14-16-8-6-15(7-9-16)12-13-19-17-10-11-17/h6-9,17,19H,5,10-14H2,1-4H3. The second-order valence-electron chi connectivity index (χ2n) is 6.82. The largest absolute Gasteiger partial charge is 0.314 e. The van der Waals surface area contributed by atoms with Crippen LogP contribution in [0, 0.1) is 0 Å². The van der Waals surface area contributed by atoms with E-state index in [-0.39, 0.29) is 5.54 Å². The van der Waals surface area contributed by atoms with Gasteiger partial charge in [-0.05, 0) is 64.3 Å². The molecule has 1 saturated carbocycles. The van der Waals surface area contributed by atoms with Gasteiger partial charge in [0.25, 0.3) is 0 Å². The molecule has 0 heterocycles. The molecule has 0 unspecified atom stereocenters. The molecular formula is C18H30N2. The molecule has 0 aliphatic heterocycles. The zero-order chi connectivity index (χ0) is 14.6. The van der Waals surface area contributed by atoms with Crippen molar-refractivity contribution < 1.29 is 0 Å². The van der Waals surface area contributed by atoms with Gasteiger partial charge in [-0.25, -0.2) is 0 Å². The van der Waals surface area contributed by atoms with Gasteiger partial charge >= 0.3 is 0 Å². The van der Waals surface area contributed by atoms with Gasteiger partial charge in [0.1, 0.15) is 0 Å². The highest BCUT2D eigenvalue weighted by Gasteiger charge is 2.21. The second kappa shape index (κ2) is 6.73. The molecule has 112 valence electrons. The third-order valence-corrected chi connectivity index (χ3v) is 4.77. The molecule has 20 heavy (non-hydrogen) atoms. The molecule has 0 radical (unpaired) electrons. The summed E-state index contributed by atoms with van der Waals surface area (Å²) in [6.45, 7) is 9.02. The first-order valence-electron chi connectivity index (χ1n) is 8.03. The molecular weight excluding hydrogens is 244 g/mol. The fourth-order valence-corrected chi connectivity index (χ4v) is 2.28. The topological polar surface area (TPSA) is 15.3 Å². The van der Waals surface area contributed by atoms with E-state index in [2.05, 4.69) is 62.3 Å². The van der Waals surface area contributed by atoms with E-state index in [0.717, 1.165) is 25.6 Å². The number of nitrogens with one attached hydrogen (secondary N) is 1. The number of nitrogens with zero attached hydrogens (tertiary/aromatic N) is 1. The third kappa shape index (κ3) is 4.60. The highest BCUT2D eigenvalue weighted by molar-refractivity contribution is 5.23. The van der Waals surface area contributed by atoms with Gasteiger partial charge in [-0.3, -0.25) is 4.90 Å². The summed E-state index contributed by atoms with van der Waals surface area (Å²) in [5.74, 6) is 0. The van der Waals surface area contributed by atoms with E-state index in [9.17, 15) is 0 Å². The molecule has 1 fully saturated rings. The first-order chi connectivity index (χ1) is 9.51. The Balaban J connectivity index is 1.80. The molecule has 2 nitrogen and oxygen atoms in total. The summed E-state index contributed by atoms with van der Waals surface area (Å²) in [4.78, 5) is 2.44. The zero-order valence-corrected chi connectivity index (χ0v) is 13.6. The van der Waals surface area contributed by atoms with Crippen LogP contribution in [-0.2, 0) is 13.0 Å². The summed E-state index contributed by atoms with van der Waals surface area (Å²) < 4.78 is 0. The quantitative estimate of drug-likeness (QED) is 0.779. The van der Waals surface area contributed by atoms with E-state index in [0.29, 0.717) is 0 Å². The van der Waals surface area contributed by atoms with Crippen molar-refractivity contribution in [1.29, 1.82) is 0 Å². The summed E-state index contributed by atoms with van der Waals surface area (Å²) >= 11 is 0. The summed E-state index contributed by atoms with van der Waals surface area (Å²) in [5, 5.41) is 3.57. The first-order valence-corrected chi connectivity index (χ1v) is 8.03. The van der Waals surface area contributed by atoms with Gasteiger partial charge < -0.3 is 5.32 Å². The van der Waals surface area contributed by atoms with Crippen molar-refractivity contribution in [1.82, 2.24) is 10.2 Å². The second-order valence-corrected chi connectivity index (χ2v) is 6.82. The Morgan fingerprint density at radius 2 is 1.75 bits per heavy atom. The lowest BCUT2D eigenvalue weighted by Gasteiger charge is -2.34. The van der Waals surface area contributed by atoms with Crippen molar-refractivity contribution in [2.75, 3.05) is 13.6 Å². The average Bonchev–Trinajstić information content (AvgIpc) is 3.25. The first kappa shape index (κ1) is 15.5. The van der Waals surface area contributed by atoms with Crippen LogP contribution in [-0.4, -0.2) is 30.1 Å². The van der Waals surface area contributed by atoms with Crippen molar-refractivity contribution in [3.8, 4) is 0 Å². The summed E-state index contributed by atoms with van der Waals surface area (Å²) in [6.07, 6.45) is 5.07. The smallest absolute Gasteiger partial charge is 0.0235 e. The van der Waals surface area contributed by atoms with Crippen LogP contribution in [0.25, 0.3) is 0 Å². The van der Waals surface area contributed by atoms with E-state index in [1.165, 1.54) is 30.4 Å². The predicted molar refractivity (Wildman–Crippen MR) is 87.0 cm³/mol. The molecule has 1 aromatic carbocycles. The van der Waals surface area contributed by atoms with Crippen molar-refractivity contribution in [2.45, 2.75) is 64.6 Å². The van der Waals surface area contributed by atoms with Gasteiger partial charge in [-0.15, -0.1) is 0 Å². The molecule has 0 saturated heterocycles. The molecule has 1 N–H and O–H groups in total. The van der Waals surface area contributed by atoms with Crippen LogP contribution in [0.3, 0.4) is 0 Å². The minimum atomic E-state index is 0.271. The Morgan fingerprint density at radius 1 is 1.15 bits per heavy atom. The Morgan fingerprint density at radius 3 is 2.30 bits per heavy atom. The third-order valence-electron chi connectivity index (χ3n) is 4.77. The number of hydrogen-bond acceptors (Lipinski definition) is 2. The van der Waals surface area contributed by atoms with E-state index in [4.69, 9.17) is 0 Å². The number of benzene rings is 1. The molecule has 0 atom stereocenters. The minimum absolute atomic E-state index is 0.271. The highest BCUT2D eigenvalue weighted by atomic mass is 15.2. The average molecular weight is 274 g/mol. The summed E-state index contributed by atoms with van der Waals surface area (Å²) in [7, 11) is 2.22. The van der Waals surface area contributed by atoms with E-state index in [1.54, 1.807) is 0 Å². The Bertz CT molecular complexity index is 404. The van der Waals surface area contributed by atoms with Crippen LogP contribution in [0.1, 0.15) is 51.2 Å². The molecule has 1 aliphatic rings. The zero-order valence-electron chi connectivity index (χ0n) is 13.6. The number of hydrogen-bond donors (Lipinski definition) is 1. The molecule has 2 rings (SSSR count). The number of rotatable bonds is 8. The normalized spacial score (nSPS) is 15.8. The maximum atomic E-state index is 3.57. The van der Waals surface area contributed by atoms with Crippen LogP contribution in [0.4, 0.5) is 0 Å². The van der Waals surface area contributed by atoms with E-state index in [1.807, 2.05) is 0 Å². The lowest BCUT2D eigenvalue weighted by Crippen LogP contribution is -2.39. The van der Waals surface area contributed by atoms with Crippen molar-refractivity contribution in [2.24, 2.45) is 0 Å². The van der Waals surface area contributed by atoms with E-state index < -0.39 is 0 Å². The van der Waals surface area contributed by atoms with Gasteiger partial charge in [0, 0.05) is 18.1 Å². The summed E-state index contributed by atoms with van der Waals surface area (Å²) in [6, 6.07) is 9.97. The monoisotopic (exact) mass is 274 g/mol. The highest BCUT2D eigenvalue weighted by Crippen LogP contribution is 2.20. The van der Waals surface area contributed by atoms with Gasteiger partial charge in [0.2, 0.25) is 0 Å². The summed E-state index contributed by atoms with van der Waals surface area (Å²) in [5.41, 5.74) is 3.12. The fraction of sp³-hybridized carbons (Fsp3) is 0.667. The van der Waals surface area contributed by atoms with Crippen molar-refractivity contribution >= 4 is 0 Å². The van der Waals surface area contributed by atoms with Crippen LogP contribution in [0.2, 0.25) is 0 Å². The van der Waals surface area contributed by atoms with Crippen LogP contribution < -0.4 is 5.32 Å². The predicted octanol–water partition coefficient (Wildman–Crippen LogP) is 3.60. The lowest BCUT2D eigenvalue weighted by molar-refractivity contribution is 0.143. The SMILES string of the molecule is CCC(C)(C)N(C)Cc1ccc(CCNC2CC2)cc1. The minimum Gasteiger partial charge on any atom is -0.314 e. The Labute approximate surface area is 124 Å². The Kier molecular flexibility index (Phi) is 5.22. The maximum Gasteiger partial charge on any atom is 0.0235 e. The fourth-order valence-electron chi connectivity index (χ4n) is 2.28. The molecule has 1 aromatic rings. The van der Waals surface area contributed by atoms with Crippen LogP contribution in [0.5, 0.6) is 0 Å². The van der Waals surface area contributed by atoms with Crippen molar-refractivity contribution in [3.05, 3.63) is 35.4 Å². The van der Waals surface area contributed by atoms with Crippen molar-refractivity contribution in [3.63, 3.8) is 0 Å². The van der Waals surface area contributed by atoms with Crippen LogP contribution >= 0.6 is 0 Å². The molecule has 0 amide bonds. The van der Waals surface area contributed by atoms with Gasteiger partial charge in [-0.1, -0.05) is 31.2 Å². The molecule has 1 aliphatic carbocycles. The lowest BCUT2D eigenvalue weighted by atomic mass is 9.99. The van der Waals surface area contributed by atoms with Gasteiger partial charge in [0.15, 0.2) is 0 Å².